The summed E-state index contributed by atoms with van der Waals surface area (Å²) in [6.45, 7) is 4.15. The molecule has 1 rings (SSSR count). The third-order valence-corrected chi connectivity index (χ3v) is 3.03. The van der Waals surface area contributed by atoms with Gasteiger partial charge in [0.25, 0.3) is 0 Å². The number of hydrogen-bond acceptors (Lipinski definition) is 2. The number of benzene rings is 1. The van der Waals surface area contributed by atoms with Gasteiger partial charge in [0.1, 0.15) is 0 Å². The van der Waals surface area contributed by atoms with Crippen molar-refractivity contribution in [2.24, 2.45) is 0 Å². The van der Waals surface area contributed by atoms with Gasteiger partial charge in [0.15, 0.2) is 0 Å². The Morgan fingerprint density at radius 2 is 2.12 bits per heavy atom. The third kappa shape index (κ3) is 3.52. The molecule has 1 N–H and O–H groups in total. The number of nitrogens with zero attached hydrogens (tertiary/aromatic N) is 1. The van der Waals surface area contributed by atoms with Gasteiger partial charge in [-0.2, -0.15) is 5.26 Å². The smallest absolute Gasteiger partial charge is 0.0638 e. The molecule has 1 aromatic rings. The summed E-state index contributed by atoms with van der Waals surface area (Å²) in [7, 11) is 0. The molecule has 0 aromatic heterocycles. The Kier molecular flexibility index (Phi) is 5.31. The van der Waals surface area contributed by atoms with Crippen LogP contribution in [0.3, 0.4) is 0 Å². The number of nitrogens with one attached hydrogen (secondary N) is 1. The SMILES string of the molecule is CCC(CC#N)NC(C)c1ccccc1Cl. The molecule has 0 aliphatic carbocycles. The first-order chi connectivity index (χ1) is 7.69. The molecule has 0 aliphatic heterocycles. The molecule has 0 heterocycles. The van der Waals surface area contributed by atoms with Crippen molar-refractivity contribution < 1.29 is 0 Å². The minimum absolute atomic E-state index is 0.173. The quantitative estimate of drug-likeness (QED) is 0.847. The van der Waals surface area contributed by atoms with E-state index < -0.39 is 0 Å². The molecule has 2 atom stereocenters. The van der Waals surface area contributed by atoms with Gasteiger partial charge >= 0.3 is 0 Å². The van der Waals surface area contributed by atoms with Crippen molar-refractivity contribution in [3.8, 4) is 6.07 Å². The van der Waals surface area contributed by atoms with E-state index in [-0.39, 0.29) is 12.1 Å². The Morgan fingerprint density at radius 1 is 1.44 bits per heavy atom. The summed E-state index contributed by atoms with van der Waals surface area (Å²) < 4.78 is 0. The lowest BCUT2D eigenvalue weighted by molar-refractivity contribution is 0.448. The van der Waals surface area contributed by atoms with E-state index >= 15 is 0 Å². The van der Waals surface area contributed by atoms with Gasteiger partial charge in [-0.25, -0.2) is 0 Å². The van der Waals surface area contributed by atoms with Crippen LogP contribution in [0.1, 0.15) is 38.3 Å². The zero-order chi connectivity index (χ0) is 12.0. The Morgan fingerprint density at radius 3 is 2.69 bits per heavy atom. The average Bonchev–Trinajstić information content (AvgIpc) is 2.28. The lowest BCUT2D eigenvalue weighted by Gasteiger charge is -2.21. The second-order valence-corrected chi connectivity index (χ2v) is 4.28. The minimum Gasteiger partial charge on any atom is -0.306 e. The summed E-state index contributed by atoms with van der Waals surface area (Å²) in [4.78, 5) is 0. The first-order valence-electron chi connectivity index (χ1n) is 5.56. The van der Waals surface area contributed by atoms with Crippen LogP contribution in [0, 0.1) is 11.3 Å². The Hall–Kier alpha value is -1.04. The number of hydrogen-bond donors (Lipinski definition) is 1. The van der Waals surface area contributed by atoms with Crippen molar-refractivity contribution in [1.82, 2.24) is 5.32 Å². The van der Waals surface area contributed by atoms with Crippen molar-refractivity contribution in [3.63, 3.8) is 0 Å². The Bertz CT molecular complexity index is 370. The summed E-state index contributed by atoms with van der Waals surface area (Å²) >= 11 is 6.12. The van der Waals surface area contributed by atoms with Gasteiger partial charge in [0.2, 0.25) is 0 Å². The lowest BCUT2D eigenvalue weighted by Crippen LogP contribution is -2.30. The maximum absolute atomic E-state index is 8.69. The van der Waals surface area contributed by atoms with Crippen LogP contribution in [-0.4, -0.2) is 6.04 Å². The summed E-state index contributed by atoms with van der Waals surface area (Å²) in [6.07, 6.45) is 1.48. The second-order valence-electron chi connectivity index (χ2n) is 3.88. The predicted molar refractivity (Wildman–Crippen MR) is 67.3 cm³/mol. The molecule has 16 heavy (non-hydrogen) atoms. The zero-order valence-electron chi connectivity index (χ0n) is 9.70. The van der Waals surface area contributed by atoms with E-state index in [1.54, 1.807) is 0 Å². The summed E-state index contributed by atoms with van der Waals surface area (Å²) in [6, 6.07) is 10.4. The van der Waals surface area contributed by atoms with E-state index in [0.29, 0.717) is 6.42 Å². The molecule has 0 saturated heterocycles. The van der Waals surface area contributed by atoms with Gasteiger partial charge in [-0.1, -0.05) is 36.7 Å². The van der Waals surface area contributed by atoms with Crippen molar-refractivity contribution in [2.45, 2.75) is 38.8 Å². The van der Waals surface area contributed by atoms with E-state index in [1.165, 1.54) is 0 Å². The van der Waals surface area contributed by atoms with E-state index in [4.69, 9.17) is 16.9 Å². The summed E-state index contributed by atoms with van der Waals surface area (Å²) in [5.41, 5.74) is 1.08. The highest BCUT2D eigenvalue weighted by Crippen LogP contribution is 2.22. The Balaban J connectivity index is 2.68. The van der Waals surface area contributed by atoms with Crippen molar-refractivity contribution in [2.75, 3.05) is 0 Å². The monoisotopic (exact) mass is 236 g/mol. The van der Waals surface area contributed by atoms with E-state index in [1.807, 2.05) is 24.3 Å². The van der Waals surface area contributed by atoms with Crippen LogP contribution < -0.4 is 5.32 Å². The zero-order valence-corrected chi connectivity index (χ0v) is 10.5. The van der Waals surface area contributed by atoms with E-state index in [0.717, 1.165) is 17.0 Å². The minimum atomic E-state index is 0.173. The number of nitriles is 1. The molecule has 0 saturated carbocycles. The molecule has 2 unspecified atom stereocenters. The Labute approximate surface area is 102 Å². The molecule has 0 spiro atoms. The highest BCUT2D eigenvalue weighted by molar-refractivity contribution is 6.31. The highest BCUT2D eigenvalue weighted by Gasteiger charge is 2.13. The first-order valence-corrected chi connectivity index (χ1v) is 5.94. The van der Waals surface area contributed by atoms with Gasteiger partial charge in [0, 0.05) is 17.1 Å². The molecule has 2 nitrogen and oxygen atoms in total. The fourth-order valence-corrected chi connectivity index (χ4v) is 2.00. The summed E-state index contributed by atoms with van der Waals surface area (Å²) in [5.74, 6) is 0. The van der Waals surface area contributed by atoms with Crippen LogP contribution in [-0.2, 0) is 0 Å². The van der Waals surface area contributed by atoms with Crippen molar-refractivity contribution in [1.29, 1.82) is 5.26 Å². The molecular formula is C13H17ClN2. The van der Waals surface area contributed by atoms with Gasteiger partial charge in [-0.05, 0) is 25.0 Å². The largest absolute Gasteiger partial charge is 0.306 e. The molecule has 86 valence electrons. The van der Waals surface area contributed by atoms with Gasteiger partial charge in [-0.3, -0.25) is 0 Å². The first kappa shape index (κ1) is 13.0. The van der Waals surface area contributed by atoms with Gasteiger partial charge in [0.05, 0.1) is 12.5 Å². The fourth-order valence-electron chi connectivity index (χ4n) is 1.70. The maximum atomic E-state index is 8.69. The molecule has 3 heteroatoms. The second kappa shape index (κ2) is 6.52. The van der Waals surface area contributed by atoms with Crippen LogP contribution in [0.2, 0.25) is 5.02 Å². The summed E-state index contributed by atoms with van der Waals surface area (Å²) in [5, 5.41) is 12.9. The predicted octanol–water partition coefficient (Wildman–Crippen LogP) is 3.68. The molecule has 0 fully saturated rings. The van der Waals surface area contributed by atoms with Crippen LogP contribution in [0.15, 0.2) is 24.3 Å². The molecule has 0 radical (unpaired) electrons. The van der Waals surface area contributed by atoms with Crippen LogP contribution in [0.25, 0.3) is 0 Å². The van der Waals surface area contributed by atoms with Crippen LogP contribution in [0.5, 0.6) is 0 Å². The number of halogens is 1. The van der Waals surface area contributed by atoms with E-state index in [2.05, 4.69) is 25.2 Å². The number of rotatable bonds is 5. The molecule has 1 aromatic carbocycles. The molecular weight excluding hydrogens is 220 g/mol. The third-order valence-electron chi connectivity index (χ3n) is 2.69. The fraction of sp³-hybridized carbons (Fsp3) is 0.462. The van der Waals surface area contributed by atoms with Crippen molar-refractivity contribution in [3.05, 3.63) is 34.9 Å². The van der Waals surface area contributed by atoms with Gasteiger partial charge in [-0.15, -0.1) is 0 Å². The van der Waals surface area contributed by atoms with E-state index in [9.17, 15) is 0 Å². The average molecular weight is 237 g/mol. The van der Waals surface area contributed by atoms with Gasteiger partial charge < -0.3 is 5.32 Å². The van der Waals surface area contributed by atoms with Crippen LogP contribution >= 0.6 is 11.6 Å². The highest BCUT2D eigenvalue weighted by atomic mass is 35.5. The van der Waals surface area contributed by atoms with Crippen LogP contribution in [0.4, 0.5) is 0 Å². The molecule has 0 bridgehead atoms. The topological polar surface area (TPSA) is 35.8 Å². The standard InChI is InChI=1S/C13H17ClN2/c1-3-11(8-9-15)16-10(2)12-6-4-5-7-13(12)14/h4-7,10-11,16H,3,8H2,1-2H3. The normalized spacial score (nSPS) is 14.1. The lowest BCUT2D eigenvalue weighted by atomic mass is 10.1. The van der Waals surface area contributed by atoms with Crippen molar-refractivity contribution >= 4 is 11.6 Å². The molecule has 0 aliphatic rings. The molecule has 0 amide bonds. The maximum Gasteiger partial charge on any atom is 0.0638 e.